The molecule has 4 aromatic rings. The molecule has 1 aliphatic rings. The van der Waals surface area contributed by atoms with Crippen molar-refractivity contribution in [3.63, 3.8) is 0 Å². The minimum atomic E-state index is -0.00689. The molecule has 0 radical (unpaired) electrons. The first-order valence-corrected chi connectivity index (χ1v) is 13.3. The fraction of sp³-hybridized carbons (Fsp3) is 0.280. The summed E-state index contributed by atoms with van der Waals surface area (Å²) in [4.78, 5) is 26.6. The molecular formula is C25H26N6OS2. The number of nitrogens with zero attached hydrogens (tertiary/aromatic N) is 5. The van der Waals surface area contributed by atoms with Gasteiger partial charge in [-0.25, -0.2) is 9.50 Å². The number of carbonyl (C=O) groups excluding carboxylic acids is 1. The van der Waals surface area contributed by atoms with Crippen molar-refractivity contribution in [2.45, 2.75) is 41.6 Å². The van der Waals surface area contributed by atoms with Crippen LogP contribution < -0.4 is 10.2 Å². The second-order valence-corrected chi connectivity index (χ2v) is 10.00. The maximum Gasteiger partial charge on any atom is 0.253 e. The summed E-state index contributed by atoms with van der Waals surface area (Å²) in [5.74, 6) is 0.566. The van der Waals surface area contributed by atoms with Gasteiger partial charge in [0.15, 0.2) is 0 Å². The first kappa shape index (κ1) is 22.7. The predicted octanol–water partition coefficient (Wildman–Crippen LogP) is 4.81. The van der Waals surface area contributed by atoms with Gasteiger partial charge in [0.2, 0.25) is 11.1 Å². The van der Waals surface area contributed by atoms with Gasteiger partial charge in [-0.15, -0.1) is 5.10 Å². The minimum Gasteiger partial charge on any atom is -0.356 e. The van der Waals surface area contributed by atoms with Crippen LogP contribution in [0.5, 0.6) is 0 Å². The molecule has 0 atom stereocenters. The van der Waals surface area contributed by atoms with E-state index in [2.05, 4.69) is 73.8 Å². The van der Waals surface area contributed by atoms with E-state index in [0.717, 1.165) is 29.9 Å². The molecule has 0 spiro atoms. The molecule has 34 heavy (non-hydrogen) atoms. The normalized spacial score (nSPS) is 12.5. The van der Waals surface area contributed by atoms with E-state index >= 15 is 0 Å². The number of amides is 1. The molecule has 0 saturated heterocycles. The predicted molar refractivity (Wildman–Crippen MR) is 137 cm³/mol. The lowest BCUT2D eigenvalue weighted by molar-refractivity contribution is -0.120. The molecule has 1 amide bonds. The molecule has 7 nitrogen and oxygen atoms in total. The van der Waals surface area contributed by atoms with Crippen molar-refractivity contribution < 1.29 is 4.79 Å². The minimum absolute atomic E-state index is 0.00689. The zero-order valence-electron chi connectivity index (χ0n) is 19.4. The van der Waals surface area contributed by atoms with E-state index in [-0.39, 0.29) is 12.3 Å². The summed E-state index contributed by atoms with van der Waals surface area (Å²) in [6, 6.07) is 17.0. The van der Waals surface area contributed by atoms with Crippen LogP contribution in [0.1, 0.15) is 23.4 Å². The molecule has 5 rings (SSSR count). The van der Waals surface area contributed by atoms with Crippen LogP contribution in [0.15, 0.2) is 63.5 Å². The number of hydrogen-bond donors (Lipinski definition) is 1. The lowest BCUT2D eigenvalue weighted by Gasteiger charge is -2.32. The highest BCUT2D eigenvalue weighted by Crippen LogP contribution is 2.47. The van der Waals surface area contributed by atoms with Crippen molar-refractivity contribution in [1.29, 1.82) is 0 Å². The Balaban J connectivity index is 1.23. The van der Waals surface area contributed by atoms with Crippen molar-refractivity contribution in [2.24, 2.45) is 0 Å². The maximum atomic E-state index is 12.8. The topological polar surface area (TPSA) is 75.4 Å². The van der Waals surface area contributed by atoms with Crippen LogP contribution in [0, 0.1) is 13.8 Å². The molecule has 0 fully saturated rings. The average molecular weight is 491 g/mol. The number of para-hydroxylation sites is 2. The van der Waals surface area contributed by atoms with Gasteiger partial charge in [-0.05, 0) is 50.8 Å². The van der Waals surface area contributed by atoms with Crippen molar-refractivity contribution >= 4 is 46.6 Å². The zero-order chi connectivity index (χ0) is 23.7. The Bertz CT molecular complexity index is 1320. The van der Waals surface area contributed by atoms with Crippen molar-refractivity contribution in [3.05, 3.63) is 65.5 Å². The van der Waals surface area contributed by atoms with Crippen molar-refractivity contribution in [2.75, 3.05) is 24.2 Å². The molecule has 9 heteroatoms. The number of aryl methyl sites for hydroxylation is 2. The zero-order valence-corrected chi connectivity index (χ0v) is 21.0. The summed E-state index contributed by atoms with van der Waals surface area (Å²) in [5, 5.41) is 8.24. The van der Waals surface area contributed by atoms with Crippen LogP contribution in [0.2, 0.25) is 0 Å². The summed E-state index contributed by atoms with van der Waals surface area (Å²) in [7, 11) is 0. The second kappa shape index (κ2) is 9.68. The highest BCUT2D eigenvalue weighted by Gasteiger charge is 2.22. The molecule has 1 N–H and O–H groups in total. The third kappa shape index (κ3) is 4.37. The lowest BCUT2D eigenvalue weighted by Crippen LogP contribution is -2.30. The van der Waals surface area contributed by atoms with Gasteiger partial charge in [-0.3, -0.25) is 4.79 Å². The van der Waals surface area contributed by atoms with E-state index in [4.69, 9.17) is 0 Å². The molecule has 174 valence electrons. The number of carbonyl (C=O) groups is 1. The maximum absolute atomic E-state index is 12.8. The largest absolute Gasteiger partial charge is 0.356 e. The van der Waals surface area contributed by atoms with Gasteiger partial charge in [-0.2, -0.15) is 4.98 Å². The Labute approximate surface area is 207 Å². The van der Waals surface area contributed by atoms with Gasteiger partial charge < -0.3 is 10.2 Å². The third-order valence-electron chi connectivity index (χ3n) is 5.96. The molecule has 2 aromatic heterocycles. The number of aromatic nitrogens is 4. The average Bonchev–Trinajstić information content (AvgIpc) is 3.27. The highest BCUT2D eigenvalue weighted by molar-refractivity contribution is 7.99. The highest BCUT2D eigenvalue weighted by atomic mass is 32.2. The Morgan fingerprint density at radius 2 is 1.71 bits per heavy atom. The lowest BCUT2D eigenvalue weighted by atomic mass is 10.1. The number of anilines is 2. The van der Waals surface area contributed by atoms with E-state index in [1.807, 2.05) is 31.9 Å². The van der Waals surface area contributed by atoms with E-state index in [9.17, 15) is 4.79 Å². The Morgan fingerprint density at radius 1 is 1.03 bits per heavy atom. The summed E-state index contributed by atoms with van der Waals surface area (Å²) in [6.45, 7) is 5.33. The van der Waals surface area contributed by atoms with Crippen LogP contribution in [-0.4, -0.2) is 44.8 Å². The molecule has 0 unspecified atom stereocenters. The fourth-order valence-electron chi connectivity index (χ4n) is 4.24. The van der Waals surface area contributed by atoms with E-state index in [1.165, 1.54) is 32.9 Å². The molecule has 1 aliphatic heterocycles. The first-order chi connectivity index (χ1) is 16.5. The number of benzene rings is 2. The van der Waals surface area contributed by atoms with Gasteiger partial charge in [0.05, 0.1) is 17.8 Å². The van der Waals surface area contributed by atoms with Crippen LogP contribution in [0.3, 0.4) is 0 Å². The smallest absolute Gasteiger partial charge is 0.253 e. The number of fused-ring (bicyclic) bond motifs is 3. The van der Waals surface area contributed by atoms with Crippen molar-refractivity contribution in [1.82, 2.24) is 24.9 Å². The number of thioether (sulfide) groups is 1. The van der Waals surface area contributed by atoms with E-state index in [1.54, 1.807) is 4.52 Å². The first-order valence-electron chi connectivity index (χ1n) is 11.2. The monoisotopic (exact) mass is 490 g/mol. The fourth-order valence-corrected chi connectivity index (χ4v) is 5.67. The van der Waals surface area contributed by atoms with Gasteiger partial charge in [0.25, 0.3) is 5.78 Å². The van der Waals surface area contributed by atoms with Crippen molar-refractivity contribution in [3.8, 4) is 0 Å². The van der Waals surface area contributed by atoms with Gasteiger partial charge in [0.1, 0.15) is 0 Å². The standard InChI is InChI=1S/C25H26N6OS2/c1-16-18(17(2)31-24(27-16)28-25(29-31)33-3)15-23(32)26-13-8-14-30-19-9-4-6-11-21(19)34-22-12-7-5-10-20(22)30/h4-7,9-12H,8,13-15H2,1-3H3,(H,26,32). The third-order valence-corrected chi connectivity index (χ3v) is 7.63. The number of nitrogens with one attached hydrogen (secondary N) is 1. The number of rotatable bonds is 7. The van der Waals surface area contributed by atoms with Gasteiger partial charge in [0, 0.05) is 39.8 Å². The van der Waals surface area contributed by atoms with Crippen LogP contribution in [0.4, 0.5) is 11.4 Å². The Hall–Kier alpha value is -3.04. The second-order valence-electron chi connectivity index (χ2n) is 8.14. The summed E-state index contributed by atoms with van der Waals surface area (Å²) in [6.07, 6.45) is 3.06. The van der Waals surface area contributed by atoms with Crippen LogP contribution >= 0.6 is 23.5 Å². The number of hydrogen-bond acceptors (Lipinski definition) is 7. The summed E-state index contributed by atoms with van der Waals surface area (Å²) >= 11 is 3.29. The quantitative estimate of drug-likeness (QED) is 0.294. The van der Waals surface area contributed by atoms with Gasteiger partial charge >= 0.3 is 0 Å². The van der Waals surface area contributed by atoms with E-state index in [0.29, 0.717) is 17.5 Å². The van der Waals surface area contributed by atoms with Gasteiger partial charge in [-0.1, -0.05) is 47.8 Å². The molecule has 2 aromatic carbocycles. The Kier molecular flexibility index (Phi) is 6.47. The molecule has 0 aliphatic carbocycles. The Morgan fingerprint density at radius 3 is 2.38 bits per heavy atom. The van der Waals surface area contributed by atoms with Crippen LogP contribution in [0.25, 0.3) is 5.78 Å². The SMILES string of the molecule is CSc1nc2nc(C)c(CC(=O)NCCCN3c4ccccc4Sc4ccccc43)c(C)n2n1. The molecule has 0 bridgehead atoms. The molecule has 0 saturated carbocycles. The summed E-state index contributed by atoms with van der Waals surface area (Å²) in [5.41, 5.74) is 5.07. The molecular weight excluding hydrogens is 464 g/mol. The molecule has 3 heterocycles. The van der Waals surface area contributed by atoms with Crippen LogP contribution in [-0.2, 0) is 11.2 Å². The van der Waals surface area contributed by atoms with E-state index < -0.39 is 0 Å². The summed E-state index contributed by atoms with van der Waals surface area (Å²) < 4.78 is 1.73.